The van der Waals surface area contributed by atoms with Crippen LogP contribution in [0.1, 0.15) is 5.56 Å². The lowest BCUT2D eigenvalue weighted by atomic mass is 9.77. The molecule has 0 saturated heterocycles. The van der Waals surface area contributed by atoms with Crippen LogP contribution in [0.15, 0.2) is 18.5 Å². The molecular weight excluding hydrogens is 211 g/mol. The van der Waals surface area contributed by atoms with E-state index in [0.717, 1.165) is 0 Å². The van der Waals surface area contributed by atoms with Crippen molar-refractivity contribution in [3.05, 3.63) is 24.0 Å². The van der Waals surface area contributed by atoms with Gasteiger partial charge in [0.05, 0.1) is 0 Å². The fraction of sp³-hybridized carbons (Fsp3) is 0.167. The Morgan fingerprint density at radius 3 is 2.07 bits per heavy atom. The van der Waals surface area contributed by atoms with E-state index in [-0.39, 0.29) is 6.20 Å². The monoisotopic (exact) mass is 214 g/mol. The number of halogens is 6. The molecule has 1 nitrogen and oxygen atoms in total. The van der Waals surface area contributed by atoms with E-state index in [1.165, 1.54) is 0 Å². The highest BCUT2D eigenvalue weighted by atomic mass is 19.4. The van der Waals surface area contributed by atoms with E-state index >= 15 is 0 Å². The lowest BCUT2D eigenvalue weighted by Crippen LogP contribution is -2.39. The van der Waals surface area contributed by atoms with Gasteiger partial charge in [-0.2, -0.15) is 13.2 Å². The van der Waals surface area contributed by atoms with Crippen molar-refractivity contribution in [1.29, 1.82) is 0 Å². The predicted molar refractivity (Wildman–Crippen MR) is 38.0 cm³/mol. The molecule has 0 bridgehead atoms. The average Bonchev–Trinajstić information content (AvgIpc) is 2.01. The summed E-state index contributed by atoms with van der Waals surface area (Å²) in [6.45, 7) is -5.66. The Morgan fingerprint density at radius 2 is 1.71 bits per heavy atom. The molecule has 1 aromatic rings. The maximum atomic E-state index is 12.1. The van der Waals surface area contributed by atoms with Crippen LogP contribution in [0.4, 0.5) is 26.1 Å². The Hall–Kier alpha value is -1.21. The lowest BCUT2D eigenvalue weighted by molar-refractivity contribution is -0.137. The van der Waals surface area contributed by atoms with Gasteiger partial charge in [0.1, 0.15) is 0 Å². The first kappa shape index (κ1) is 10.9. The van der Waals surface area contributed by atoms with Crippen LogP contribution in [-0.4, -0.2) is 12.0 Å². The van der Waals surface area contributed by atoms with Gasteiger partial charge >= 0.3 is 13.2 Å². The van der Waals surface area contributed by atoms with Gasteiger partial charge in [-0.3, -0.25) is 4.98 Å². The van der Waals surface area contributed by atoms with Crippen molar-refractivity contribution in [3.63, 3.8) is 0 Å². The fourth-order valence-electron chi connectivity index (χ4n) is 0.928. The van der Waals surface area contributed by atoms with Crippen LogP contribution in [0.2, 0.25) is 0 Å². The number of nitrogens with zero attached hydrogens (tertiary/aromatic N) is 1. The number of pyridine rings is 1. The largest absolute Gasteiger partial charge is 0.510 e. The van der Waals surface area contributed by atoms with Gasteiger partial charge in [0.25, 0.3) is 0 Å². The summed E-state index contributed by atoms with van der Waals surface area (Å²) in [7, 11) is 0. The molecule has 1 aromatic heterocycles. The third kappa shape index (κ3) is 2.18. The molecule has 0 aromatic carbocycles. The summed E-state index contributed by atoms with van der Waals surface area (Å²) in [6, 6.07) is 0.322. The van der Waals surface area contributed by atoms with Gasteiger partial charge < -0.3 is 12.9 Å². The molecule has 0 unspecified atom stereocenters. The minimum Gasteiger partial charge on any atom is -0.445 e. The van der Waals surface area contributed by atoms with Crippen molar-refractivity contribution in [2.75, 3.05) is 0 Å². The molecule has 0 atom stereocenters. The first-order valence-electron chi connectivity index (χ1n) is 3.44. The molecule has 0 saturated carbocycles. The van der Waals surface area contributed by atoms with Crippen LogP contribution in [0.3, 0.4) is 0 Å². The molecule has 0 spiro atoms. The van der Waals surface area contributed by atoms with Crippen LogP contribution < -0.4 is 5.46 Å². The third-order valence-electron chi connectivity index (χ3n) is 1.51. The van der Waals surface area contributed by atoms with Crippen LogP contribution >= 0.6 is 0 Å². The quantitative estimate of drug-likeness (QED) is 0.515. The van der Waals surface area contributed by atoms with E-state index in [1.807, 2.05) is 0 Å². The molecule has 0 aliphatic carbocycles. The molecule has 1 heterocycles. The van der Waals surface area contributed by atoms with Crippen molar-refractivity contribution >= 4 is 12.4 Å². The van der Waals surface area contributed by atoms with Gasteiger partial charge in [-0.15, -0.1) is 0 Å². The summed E-state index contributed by atoms with van der Waals surface area (Å²) in [6.07, 6.45) is -4.18. The van der Waals surface area contributed by atoms with Gasteiger partial charge in [0.2, 0.25) is 0 Å². The molecule has 0 N–H and O–H groups in total. The second-order valence-corrected chi connectivity index (χ2v) is 2.54. The van der Waals surface area contributed by atoms with E-state index in [0.29, 0.717) is 12.3 Å². The van der Waals surface area contributed by atoms with Crippen molar-refractivity contribution in [2.24, 2.45) is 0 Å². The highest BCUT2D eigenvalue weighted by Crippen LogP contribution is 2.29. The summed E-state index contributed by atoms with van der Waals surface area (Å²) < 4.78 is 72.5. The maximum Gasteiger partial charge on any atom is 0.510 e. The van der Waals surface area contributed by atoms with Gasteiger partial charge in [-0.25, -0.2) is 0 Å². The van der Waals surface area contributed by atoms with E-state index in [2.05, 4.69) is 4.98 Å². The number of hydrogen-bond donors (Lipinski definition) is 0. The Morgan fingerprint density at radius 1 is 1.14 bits per heavy atom. The Balaban J connectivity index is 3.31. The topological polar surface area (TPSA) is 12.9 Å². The van der Waals surface area contributed by atoms with Crippen LogP contribution in [0.5, 0.6) is 0 Å². The lowest BCUT2D eigenvalue weighted by Gasteiger charge is -2.20. The molecule has 0 fully saturated rings. The van der Waals surface area contributed by atoms with Gasteiger partial charge in [-0.05, 0) is 0 Å². The Labute approximate surface area is 74.8 Å². The summed E-state index contributed by atoms with van der Waals surface area (Å²) in [5, 5.41) is 0. The minimum atomic E-state index is -5.66. The summed E-state index contributed by atoms with van der Waals surface area (Å²) in [5.41, 5.74) is -3.40. The fourth-order valence-corrected chi connectivity index (χ4v) is 0.928. The first-order chi connectivity index (χ1) is 6.23. The molecule has 8 heteroatoms. The highest BCUT2D eigenvalue weighted by molar-refractivity contribution is 6.74. The van der Waals surface area contributed by atoms with Gasteiger partial charge in [-0.1, -0.05) is 11.5 Å². The van der Waals surface area contributed by atoms with Gasteiger partial charge in [0.15, 0.2) is 0 Å². The first-order valence-corrected chi connectivity index (χ1v) is 3.44. The number of hydrogen-bond acceptors (Lipinski definition) is 1. The number of alkyl halides is 3. The molecular formula is C6H3BF6N-. The van der Waals surface area contributed by atoms with Crippen LogP contribution in [0, 0.1) is 0 Å². The van der Waals surface area contributed by atoms with E-state index in [4.69, 9.17) is 0 Å². The molecule has 78 valence electrons. The second kappa shape index (κ2) is 3.18. The highest BCUT2D eigenvalue weighted by Gasteiger charge is 2.39. The van der Waals surface area contributed by atoms with Crippen molar-refractivity contribution in [2.45, 2.75) is 6.18 Å². The molecule has 0 aliphatic heterocycles. The summed E-state index contributed by atoms with van der Waals surface area (Å²) in [5.74, 6) is 0. The van der Waals surface area contributed by atoms with Gasteiger partial charge in [0, 0.05) is 18.0 Å². The second-order valence-electron chi connectivity index (χ2n) is 2.54. The predicted octanol–water partition coefficient (Wildman–Crippen LogP) is 2.15. The van der Waals surface area contributed by atoms with E-state index < -0.39 is 24.2 Å². The standard InChI is InChI=1S/C6H3BF6N/c8-6(9,10)4-3-14-2-1-5(4)7(11,12)13/h1-3H/q-1. The van der Waals surface area contributed by atoms with Crippen LogP contribution in [-0.2, 0) is 6.18 Å². The zero-order chi connectivity index (χ0) is 11.0. The van der Waals surface area contributed by atoms with Crippen LogP contribution in [0.25, 0.3) is 0 Å². The number of aromatic nitrogens is 1. The van der Waals surface area contributed by atoms with E-state index in [9.17, 15) is 26.1 Å². The van der Waals surface area contributed by atoms with Crippen molar-refractivity contribution < 1.29 is 26.1 Å². The summed E-state index contributed by atoms with van der Waals surface area (Å²) in [4.78, 5) is 3.02. The average molecular weight is 214 g/mol. The molecule has 0 amide bonds. The van der Waals surface area contributed by atoms with E-state index in [1.54, 1.807) is 0 Å². The SMILES string of the molecule is F[B-](F)(F)c1ccncc1C(F)(F)F. The minimum absolute atomic E-state index is 0.171. The molecule has 1 rings (SSSR count). The Kier molecular flexibility index (Phi) is 2.47. The molecule has 0 radical (unpaired) electrons. The maximum absolute atomic E-state index is 12.1. The molecule has 0 aliphatic rings. The number of rotatable bonds is 1. The van der Waals surface area contributed by atoms with Crippen molar-refractivity contribution in [3.8, 4) is 0 Å². The zero-order valence-corrected chi connectivity index (χ0v) is 6.52. The smallest absolute Gasteiger partial charge is 0.445 e. The molecule has 14 heavy (non-hydrogen) atoms. The van der Waals surface area contributed by atoms with Crippen molar-refractivity contribution in [1.82, 2.24) is 4.98 Å². The zero-order valence-electron chi connectivity index (χ0n) is 6.52. The normalized spacial score (nSPS) is 13.0. The third-order valence-corrected chi connectivity index (χ3v) is 1.51. The summed E-state index contributed by atoms with van der Waals surface area (Å²) >= 11 is 0. The Bertz CT molecular complexity index is 297.